The van der Waals surface area contributed by atoms with E-state index in [0.29, 0.717) is 6.54 Å². The van der Waals surface area contributed by atoms with E-state index >= 15 is 0 Å². The van der Waals surface area contributed by atoms with Crippen molar-refractivity contribution in [1.29, 1.82) is 0 Å². The van der Waals surface area contributed by atoms with Crippen molar-refractivity contribution in [2.45, 2.75) is 45.0 Å². The van der Waals surface area contributed by atoms with Crippen LogP contribution in [0.2, 0.25) is 0 Å². The summed E-state index contributed by atoms with van der Waals surface area (Å²) in [6, 6.07) is 0. The molecule has 1 aliphatic heterocycles. The molecule has 0 bridgehead atoms. The van der Waals surface area contributed by atoms with Crippen LogP contribution in [0.4, 0.5) is 0 Å². The van der Waals surface area contributed by atoms with E-state index in [9.17, 15) is 5.11 Å². The summed E-state index contributed by atoms with van der Waals surface area (Å²) in [5, 5.41) is 12.5. The molecular weight excluding hydrogens is 154 g/mol. The maximum atomic E-state index is 9.33. The van der Waals surface area contributed by atoms with Gasteiger partial charge in [-0.25, -0.2) is 0 Å². The van der Waals surface area contributed by atoms with E-state index in [4.69, 9.17) is 4.74 Å². The third-order valence-electron chi connectivity index (χ3n) is 1.81. The molecule has 0 aromatic carbocycles. The van der Waals surface area contributed by atoms with Crippen LogP contribution in [-0.2, 0) is 4.74 Å². The Morgan fingerprint density at radius 3 is 2.50 bits per heavy atom. The molecule has 0 aliphatic carbocycles. The number of rotatable bonds is 1. The molecule has 0 aromatic heterocycles. The molecule has 1 aliphatic rings. The van der Waals surface area contributed by atoms with E-state index in [1.807, 2.05) is 20.8 Å². The Kier molecular flexibility index (Phi) is 3.09. The van der Waals surface area contributed by atoms with Gasteiger partial charge in [-0.1, -0.05) is 0 Å². The molecule has 0 unspecified atom stereocenters. The van der Waals surface area contributed by atoms with E-state index in [2.05, 4.69) is 5.32 Å². The zero-order chi connectivity index (χ0) is 9.19. The Morgan fingerprint density at radius 2 is 2.00 bits per heavy atom. The summed E-state index contributed by atoms with van der Waals surface area (Å²) >= 11 is 0. The van der Waals surface area contributed by atoms with Gasteiger partial charge < -0.3 is 15.2 Å². The Hall–Kier alpha value is -0.120. The molecule has 3 nitrogen and oxygen atoms in total. The van der Waals surface area contributed by atoms with Gasteiger partial charge in [0, 0.05) is 19.5 Å². The summed E-state index contributed by atoms with van der Waals surface area (Å²) in [4.78, 5) is 0. The van der Waals surface area contributed by atoms with E-state index in [1.165, 1.54) is 0 Å². The van der Waals surface area contributed by atoms with Crippen molar-refractivity contribution in [2.75, 3.05) is 13.1 Å². The van der Waals surface area contributed by atoms with E-state index < -0.39 is 0 Å². The molecule has 2 N–H and O–H groups in total. The Bertz CT molecular complexity index is 142. The first-order valence-electron chi connectivity index (χ1n) is 4.54. The van der Waals surface area contributed by atoms with Gasteiger partial charge in [-0.05, 0) is 20.8 Å². The number of ether oxygens (including phenoxy) is 1. The molecule has 0 spiro atoms. The van der Waals surface area contributed by atoms with Crippen molar-refractivity contribution in [3.63, 3.8) is 0 Å². The van der Waals surface area contributed by atoms with Gasteiger partial charge in [-0.3, -0.25) is 0 Å². The lowest BCUT2D eigenvalue weighted by Crippen LogP contribution is -2.45. The smallest absolute Gasteiger partial charge is 0.0731 e. The van der Waals surface area contributed by atoms with Crippen molar-refractivity contribution >= 4 is 0 Å². The van der Waals surface area contributed by atoms with Crippen LogP contribution in [0, 0.1) is 0 Å². The second kappa shape index (κ2) is 3.73. The molecule has 0 radical (unpaired) electrons. The van der Waals surface area contributed by atoms with Gasteiger partial charge in [0.2, 0.25) is 0 Å². The highest BCUT2D eigenvalue weighted by atomic mass is 16.5. The first-order chi connectivity index (χ1) is 5.47. The molecule has 1 fully saturated rings. The van der Waals surface area contributed by atoms with Crippen LogP contribution in [0.5, 0.6) is 0 Å². The monoisotopic (exact) mass is 173 g/mol. The van der Waals surface area contributed by atoms with Crippen LogP contribution in [0.3, 0.4) is 0 Å². The highest BCUT2D eigenvalue weighted by molar-refractivity contribution is 4.78. The first-order valence-corrected chi connectivity index (χ1v) is 4.54. The molecule has 72 valence electrons. The van der Waals surface area contributed by atoms with Crippen molar-refractivity contribution in [2.24, 2.45) is 0 Å². The topological polar surface area (TPSA) is 41.5 Å². The fourth-order valence-electron chi connectivity index (χ4n) is 1.47. The van der Waals surface area contributed by atoms with Crippen LogP contribution in [0.25, 0.3) is 0 Å². The highest BCUT2D eigenvalue weighted by Crippen LogP contribution is 2.15. The molecule has 1 rings (SSSR count). The van der Waals surface area contributed by atoms with Crippen LogP contribution >= 0.6 is 0 Å². The zero-order valence-electron chi connectivity index (χ0n) is 8.13. The number of nitrogens with one attached hydrogen (secondary N) is 1. The number of aliphatic hydroxyl groups is 1. The summed E-state index contributed by atoms with van der Waals surface area (Å²) in [7, 11) is 0. The molecule has 0 amide bonds. The minimum absolute atomic E-state index is 0.108. The Labute approximate surface area is 74.1 Å². The first kappa shape index (κ1) is 9.96. The molecule has 12 heavy (non-hydrogen) atoms. The number of piperidine rings is 1. The van der Waals surface area contributed by atoms with E-state index in [1.54, 1.807) is 0 Å². The van der Waals surface area contributed by atoms with Crippen molar-refractivity contribution in [3.05, 3.63) is 0 Å². The Balaban J connectivity index is 2.32. The molecular formula is C9H19NO2. The van der Waals surface area contributed by atoms with Crippen LogP contribution in [0.15, 0.2) is 0 Å². The summed E-state index contributed by atoms with van der Waals surface area (Å²) < 4.78 is 5.73. The maximum absolute atomic E-state index is 9.33. The minimum atomic E-state index is -0.244. The van der Waals surface area contributed by atoms with Crippen LogP contribution in [0.1, 0.15) is 27.2 Å². The predicted molar refractivity (Wildman–Crippen MR) is 48.1 cm³/mol. The lowest BCUT2D eigenvalue weighted by atomic mass is 10.1. The van der Waals surface area contributed by atoms with Gasteiger partial charge in [0.15, 0.2) is 0 Å². The average molecular weight is 173 g/mol. The predicted octanol–water partition coefficient (Wildman–Crippen LogP) is 0.524. The fraction of sp³-hybridized carbons (Fsp3) is 1.00. The summed E-state index contributed by atoms with van der Waals surface area (Å²) in [5.41, 5.74) is -0.108. The van der Waals surface area contributed by atoms with Crippen molar-refractivity contribution < 1.29 is 9.84 Å². The number of hydrogen-bond donors (Lipinski definition) is 2. The lowest BCUT2D eigenvalue weighted by molar-refractivity contribution is -0.0850. The second-order valence-electron chi connectivity index (χ2n) is 4.40. The Morgan fingerprint density at radius 1 is 1.33 bits per heavy atom. The molecule has 2 atom stereocenters. The van der Waals surface area contributed by atoms with Gasteiger partial charge in [0.1, 0.15) is 0 Å². The normalized spacial score (nSPS) is 32.0. The lowest BCUT2D eigenvalue weighted by Gasteiger charge is -2.32. The van der Waals surface area contributed by atoms with Crippen LogP contribution < -0.4 is 5.32 Å². The van der Waals surface area contributed by atoms with Crippen molar-refractivity contribution in [1.82, 2.24) is 5.32 Å². The van der Waals surface area contributed by atoms with Crippen molar-refractivity contribution in [3.8, 4) is 0 Å². The average Bonchev–Trinajstić information content (AvgIpc) is 1.82. The van der Waals surface area contributed by atoms with Gasteiger partial charge in [0.25, 0.3) is 0 Å². The second-order valence-corrected chi connectivity index (χ2v) is 4.40. The van der Waals surface area contributed by atoms with Gasteiger partial charge in [-0.15, -0.1) is 0 Å². The van der Waals surface area contributed by atoms with E-state index in [0.717, 1.165) is 13.0 Å². The number of aliphatic hydroxyl groups excluding tert-OH is 1. The molecule has 0 aromatic rings. The SMILES string of the molecule is CC(C)(C)O[C@@H]1CNC[C@H](O)C1. The number of hydrogen-bond acceptors (Lipinski definition) is 3. The third kappa shape index (κ3) is 3.52. The summed E-state index contributed by atoms with van der Waals surface area (Å²) in [5.74, 6) is 0. The highest BCUT2D eigenvalue weighted by Gasteiger charge is 2.24. The van der Waals surface area contributed by atoms with Gasteiger partial charge in [-0.2, -0.15) is 0 Å². The minimum Gasteiger partial charge on any atom is -0.392 e. The third-order valence-corrected chi connectivity index (χ3v) is 1.81. The summed E-state index contributed by atoms with van der Waals surface area (Å²) in [6.07, 6.45) is 0.671. The fourth-order valence-corrected chi connectivity index (χ4v) is 1.47. The molecule has 1 saturated heterocycles. The largest absolute Gasteiger partial charge is 0.392 e. The van der Waals surface area contributed by atoms with Crippen LogP contribution in [-0.4, -0.2) is 36.0 Å². The quantitative estimate of drug-likeness (QED) is 0.607. The van der Waals surface area contributed by atoms with E-state index in [-0.39, 0.29) is 17.8 Å². The zero-order valence-corrected chi connectivity index (χ0v) is 8.13. The number of β-amino-alcohol motifs (C(OH)–C–C–N with tert-alkyl or cyclic N) is 1. The maximum Gasteiger partial charge on any atom is 0.0731 e. The van der Waals surface area contributed by atoms with Gasteiger partial charge in [0.05, 0.1) is 17.8 Å². The molecule has 1 heterocycles. The summed E-state index contributed by atoms with van der Waals surface area (Å²) in [6.45, 7) is 7.66. The van der Waals surface area contributed by atoms with Gasteiger partial charge >= 0.3 is 0 Å². The molecule has 0 saturated carbocycles. The standard InChI is InChI=1S/C9H19NO2/c1-9(2,3)12-8-4-7(11)5-10-6-8/h7-8,10-11H,4-6H2,1-3H3/t7-,8+/m1/s1. The molecule has 3 heteroatoms.